The summed E-state index contributed by atoms with van der Waals surface area (Å²) in [6.45, 7) is 0.987. The van der Waals surface area contributed by atoms with Crippen molar-refractivity contribution >= 4 is 23.1 Å². The van der Waals surface area contributed by atoms with E-state index in [0.717, 1.165) is 23.7 Å². The molecule has 0 aliphatic carbocycles. The highest BCUT2D eigenvalue weighted by atomic mass is 32.2. The molecule has 3 N–H and O–H groups in total. The van der Waals surface area contributed by atoms with Crippen LogP contribution in [0, 0.1) is 0 Å². The van der Waals surface area contributed by atoms with Crippen LogP contribution in [0.1, 0.15) is 19.3 Å². The van der Waals surface area contributed by atoms with Crippen molar-refractivity contribution in [3.8, 4) is 5.75 Å². The molecule has 0 aromatic heterocycles. The van der Waals surface area contributed by atoms with Crippen LogP contribution in [0.3, 0.4) is 0 Å². The van der Waals surface area contributed by atoms with Crippen LogP contribution < -0.4 is 15.8 Å². The maximum atomic E-state index is 5.78. The third kappa shape index (κ3) is 5.73. The van der Waals surface area contributed by atoms with Crippen LogP contribution >= 0.6 is 11.8 Å². The molecule has 0 unspecified atom stereocenters. The molecule has 1 aromatic rings. The first-order valence-corrected chi connectivity index (χ1v) is 7.33. The van der Waals surface area contributed by atoms with E-state index < -0.39 is 0 Å². The molecule has 0 atom stereocenters. The van der Waals surface area contributed by atoms with Gasteiger partial charge in [0.05, 0.1) is 7.11 Å². The molecule has 0 saturated heterocycles. The van der Waals surface area contributed by atoms with Gasteiger partial charge < -0.3 is 15.8 Å². The summed E-state index contributed by atoms with van der Waals surface area (Å²) in [6.07, 6.45) is 5.91. The van der Waals surface area contributed by atoms with Crippen molar-refractivity contribution in [1.82, 2.24) is 0 Å². The molecular weight excluding hydrogens is 232 g/mol. The number of thioether (sulfide) groups is 1. The minimum absolute atomic E-state index is 0.731. The zero-order valence-corrected chi connectivity index (χ0v) is 11.5. The van der Waals surface area contributed by atoms with E-state index >= 15 is 0 Å². The highest BCUT2D eigenvalue weighted by Gasteiger charge is 1.98. The first-order chi connectivity index (χ1) is 8.26. The fourth-order valence-corrected chi connectivity index (χ4v) is 2.12. The minimum Gasteiger partial charge on any atom is -0.497 e. The molecule has 0 heterocycles. The summed E-state index contributed by atoms with van der Waals surface area (Å²) < 4.78 is 5.17. The van der Waals surface area contributed by atoms with E-state index in [2.05, 4.69) is 11.6 Å². The molecule has 1 aromatic carbocycles. The molecule has 0 aliphatic heterocycles. The van der Waals surface area contributed by atoms with E-state index in [0.29, 0.717) is 0 Å². The number of hydrogen-bond donors (Lipinski definition) is 2. The topological polar surface area (TPSA) is 47.3 Å². The van der Waals surface area contributed by atoms with E-state index in [9.17, 15) is 0 Å². The largest absolute Gasteiger partial charge is 0.497 e. The normalized spacial score (nSPS) is 10.2. The number of unbranched alkanes of at least 4 members (excludes halogenated alkanes) is 2. The van der Waals surface area contributed by atoms with Gasteiger partial charge in [-0.1, -0.05) is 6.42 Å². The Labute approximate surface area is 108 Å². The van der Waals surface area contributed by atoms with Crippen LogP contribution in [0.4, 0.5) is 11.4 Å². The Morgan fingerprint density at radius 3 is 2.76 bits per heavy atom. The van der Waals surface area contributed by atoms with E-state index in [1.807, 2.05) is 30.0 Å². The summed E-state index contributed by atoms with van der Waals surface area (Å²) in [7, 11) is 1.65. The number of methoxy groups -OCH3 is 1. The Morgan fingerprint density at radius 1 is 1.24 bits per heavy atom. The lowest BCUT2D eigenvalue weighted by molar-refractivity contribution is 0.415. The van der Waals surface area contributed by atoms with Crippen LogP contribution in [0.25, 0.3) is 0 Å². The number of nitrogen functional groups attached to an aromatic ring is 1. The number of ether oxygens (including phenoxy) is 1. The Morgan fingerprint density at radius 2 is 2.06 bits per heavy atom. The minimum atomic E-state index is 0.731. The predicted molar refractivity (Wildman–Crippen MR) is 78.1 cm³/mol. The first-order valence-electron chi connectivity index (χ1n) is 5.93. The van der Waals surface area contributed by atoms with E-state index in [1.54, 1.807) is 7.11 Å². The molecule has 0 fully saturated rings. The molecule has 96 valence electrons. The Bertz CT molecular complexity index is 331. The summed E-state index contributed by atoms with van der Waals surface area (Å²) in [4.78, 5) is 0. The Kier molecular flexibility index (Phi) is 6.70. The van der Waals surface area contributed by atoms with Crippen molar-refractivity contribution in [3.05, 3.63) is 18.2 Å². The Balaban J connectivity index is 2.28. The average molecular weight is 254 g/mol. The summed E-state index contributed by atoms with van der Waals surface area (Å²) in [5.41, 5.74) is 7.55. The van der Waals surface area contributed by atoms with Gasteiger partial charge in [-0.15, -0.1) is 0 Å². The van der Waals surface area contributed by atoms with Crippen molar-refractivity contribution in [1.29, 1.82) is 0 Å². The molecule has 0 spiro atoms. The lowest BCUT2D eigenvalue weighted by Crippen LogP contribution is -2.02. The van der Waals surface area contributed by atoms with Crippen molar-refractivity contribution in [2.45, 2.75) is 19.3 Å². The van der Waals surface area contributed by atoms with Gasteiger partial charge >= 0.3 is 0 Å². The Hall–Kier alpha value is -1.03. The standard InChI is InChI=1S/C13H22N2OS/c1-16-13-9-11(14)8-12(10-13)15-6-4-3-5-7-17-2/h8-10,15H,3-7,14H2,1-2H3. The fraction of sp³-hybridized carbons (Fsp3) is 0.538. The van der Waals surface area contributed by atoms with Gasteiger partial charge in [-0.05, 0) is 30.9 Å². The number of hydrogen-bond acceptors (Lipinski definition) is 4. The maximum absolute atomic E-state index is 5.78. The SMILES string of the molecule is COc1cc(N)cc(NCCCCCSC)c1. The van der Waals surface area contributed by atoms with Crippen LogP contribution in [0.2, 0.25) is 0 Å². The highest BCUT2D eigenvalue weighted by molar-refractivity contribution is 7.98. The third-order valence-electron chi connectivity index (χ3n) is 2.52. The van der Waals surface area contributed by atoms with E-state index in [4.69, 9.17) is 10.5 Å². The quantitative estimate of drug-likeness (QED) is 0.552. The molecule has 17 heavy (non-hydrogen) atoms. The average Bonchev–Trinajstić information content (AvgIpc) is 2.33. The van der Waals surface area contributed by atoms with Gasteiger partial charge in [-0.3, -0.25) is 0 Å². The molecule has 0 saturated carbocycles. The lowest BCUT2D eigenvalue weighted by Gasteiger charge is -2.09. The second kappa shape index (κ2) is 8.12. The monoisotopic (exact) mass is 254 g/mol. The molecule has 0 radical (unpaired) electrons. The summed E-state index contributed by atoms with van der Waals surface area (Å²) in [5, 5.41) is 3.37. The second-order valence-electron chi connectivity index (χ2n) is 3.98. The van der Waals surface area contributed by atoms with Crippen molar-refractivity contribution in [3.63, 3.8) is 0 Å². The molecule has 3 nitrogen and oxygen atoms in total. The van der Waals surface area contributed by atoms with Gasteiger partial charge in [0.2, 0.25) is 0 Å². The highest BCUT2D eigenvalue weighted by Crippen LogP contribution is 2.22. The van der Waals surface area contributed by atoms with Gasteiger partial charge in [0, 0.05) is 30.1 Å². The predicted octanol–water partition coefficient (Wildman–Crippen LogP) is 3.22. The number of rotatable bonds is 8. The van der Waals surface area contributed by atoms with Gasteiger partial charge in [0.1, 0.15) is 5.75 Å². The molecule has 0 amide bonds. The molecule has 0 bridgehead atoms. The van der Waals surface area contributed by atoms with Crippen LogP contribution in [0.5, 0.6) is 5.75 Å². The fourth-order valence-electron chi connectivity index (χ4n) is 1.62. The van der Waals surface area contributed by atoms with Crippen LogP contribution in [-0.4, -0.2) is 25.7 Å². The van der Waals surface area contributed by atoms with E-state index in [-0.39, 0.29) is 0 Å². The molecule has 4 heteroatoms. The van der Waals surface area contributed by atoms with Crippen molar-refractivity contribution in [2.75, 3.05) is 36.7 Å². The lowest BCUT2D eigenvalue weighted by atomic mass is 10.2. The summed E-state index contributed by atoms with van der Waals surface area (Å²) in [6, 6.07) is 5.73. The number of anilines is 2. The number of nitrogens with two attached hydrogens (primary N) is 1. The zero-order valence-electron chi connectivity index (χ0n) is 10.7. The van der Waals surface area contributed by atoms with E-state index in [1.165, 1.54) is 25.0 Å². The van der Waals surface area contributed by atoms with Crippen LogP contribution in [0.15, 0.2) is 18.2 Å². The van der Waals surface area contributed by atoms with Gasteiger partial charge in [0.15, 0.2) is 0 Å². The van der Waals surface area contributed by atoms with Crippen molar-refractivity contribution < 1.29 is 4.74 Å². The summed E-state index contributed by atoms with van der Waals surface area (Å²) >= 11 is 1.91. The number of benzene rings is 1. The first kappa shape index (κ1) is 14.0. The van der Waals surface area contributed by atoms with Gasteiger partial charge in [-0.2, -0.15) is 11.8 Å². The zero-order chi connectivity index (χ0) is 12.5. The third-order valence-corrected chi connectivity index (χ3v) is 3.22. The second-order valence-corrected chi connectivity index (χ2v) is 4.96. The smallest absolute Gasteiger partial charge is 0.122 e. The van der Waals surface area contributed by atoms with Crippen LogP contribution in [-0.2, 0) is 0 Å². The van der Waals surface area contributed by atoms with Gasteiger partial charge in [-0.25, -0.2) is 0 Å². The van der Waals surface area contributed by atoms with Crippen molar-refractivity contribution in [2.24, 2.45) is 0 Å². The maximum Gasteiger partial charge on any atom is 0.122 e. The summed E-state index contributed by atoms with van der Waals surface area (Å²) in [5.74, 6) is 2.06. The number of nitrogens with one attached hydrogen (secondary N) is 1. The molecule has 1 rings (SSSR count). The molecule has 0 aliphatic rings. The van der Waals surface area contributed by atoms with Gasteiger partial charge in [0.25, 0.3) is 0 Å². The molecular formula is C13H22N2OS.